The van der Waals surface area contributed by atoms with Crippen molar-refractivity contribution in [3.8, 4) is 6.07 Å². The first-order valence-electron chi connectivity index (χ1n) is 8.65. The first kappa shape index (κ1) is 20.6. The van der Waals surface area contributed by atoms with Crippen LogP contribution in [0.3, 0.4) is 0 Å². The van der Waals surface area contributed by atoms with Crippen molar-refractivity contribution >= 4 is 40.9 Å². The fraction of sp³-hybridized carbons (Fsp3) is 0.474. The number of nitrogens with zero attached hydrogens (tertiary/aromatic N) is 4. The minimum absolute atomic E-state index is 0.167. The highest BCUT2D eigenvalue weighted by Gasteiger charge is 2.22. The van der Waals surface area contributed by atoms with E-state index in [1.807, 2.05) is 37.4 Å². The molecule has 0 unspecified atom stereocenters. The largest absolute Gasteiger partial charge is 0.369 e. The van der Waals surface area contributed by atoms with E-state index in [0.717, 1.165) is 37.4 Å². The van der Waals surface area contributed by atoms with Gasteiger partial charge in [-0.15, -0.1) is 23.2 Å². The number of benzene rings is 1. The zero-order valence-electron chi connectivity index (χ0n) is 15.0. The van der Waals surface area contributed by atoms with Crippen LogP contribution in [-0.2, 0) is 4.79 Å². The van der Waals surface area contributed by atoms with Gasteiger partial charge in [0.25, 0.3) is 5.91 Å². The average molecular weight is 395 g/mol. The predicted molar refractivity (Wildman–Crippen MR) is 108 cm³/mol. The van der Waals surface area contributed by atoms with Crippen molar-refractivity contribution < 1.29 is 4.79 Å². The zero-order chi connectivity index (χ0) is 18.9. The number of rotatable bonds is 7. The highest BCUT2D eigenvalue weighted by atomic mass is 35.5. The maximum atomic E-state index is 12.6. The Morgan fingerprint density at radius 1 is 1.15 bits per heavy atom. The van der Waals surface area contributed by atoms with Gasteiger partial charge >= 0.3 is 0 Å². The van der Waals surface area contributed by atoms with Crippen LogP contribution in [0.15, 0.2) is 29.8 Å². The third-order valence-electron chi connectivity index (χ3n) is 4.42. The fourth-order valence-electron chi connectivity index (χ4n) is 2.84. The number of carbonyl (C=O) groups is 1. The number of alkyl halides is 2. The number of piperazine rings is 1. The van der Waals surface area contributed by atoms with Gasteiger partial charge in [-0.2, -0.15) is 5.26 Å². The zero-order valence-corrected chi connectivity index (χ0v) is 16.5. The summed E-state index contributed by atoms with van der Waals surface area (Å²) in [5.41, 5.74) is 2.01. The summed E-state index contributed by atoms with van der Waals surface area (Å²) in [5.74, 6) is 0.850. The number of carbonyl (C=O) groups excluding carboxylic acids is 1. The van der Waals surface area contributed by atoms with Crippen molar-refractivity contribution in [1.29, 1.82) is 5.26 Å². The van der Waals surface area contributed by atoms with E-state index in [1.54, 1.807) is 11.0 Å². The summed E-state index contributed by atoms with van der Waals surface area (Å²) in [6.45, 7) is 4.40. The molecule has 0 aromatic heterocycles. The lowest BCUT2D eigenvalue weighted by Crippen LogP contribution is -2.47. The topological polar surface area (TPSA) is 50.6 Å². The molecule has 0 saturated carbocycles. The van der Waals surface area contributed by atoms with Crippen molar-refractivity contribution in [2.24, 2.45) is 0 Å². The van der Waals surface area contributed by atoms with E-state index in [2.05, 4.69) is 9.80 Å². The summed E-state index contributed by atoms with van der Waals surface area (Å²) in [7, 11) is 2.03. The standard InChI is InChI=1S/C19H24Cl2N4O/c1-23-10-12-25(13-11-23)19(26)17(15-22)14-16-2-4-18(5-3-16)24(8-6-20)9-7-21/h2-5,14H,6-13H2,1H3/b17-14+. The Bertz CT molecular complexity index is 655. The molecule has 140 valence electrons. The first-order valence-corrected chi connectivity index (χ1v) is 9.72. The lowest BCUT2D eigenvalue weighted by atomic mass is 10.1. The van der Waals surface area contributed by atoms with Gasteiger partial charge in [-0.25, -0.2) is 0 Å². The molecule has 1 amide bonds. The monoisotopic (exact) mass is 394 g/mol. The van der Waals surface area contributed by atoms with Crippen LogP contribution in [0, 0.1) is 11.3 Å². The molecule has 7 heteroatoms. The Morgan fingerprint density at radius 3 is 2.23 bits per heavy atom. The number of nitriles is 1. The second-order valence-electron chi connectivity index (χ2n) is 6.22. The molecular formula is C19H24Cl2N4O. The molecule has 1 aliphatic heterocycles. The highest BCUT2D eigenvalue weighted by Crippen LogP contribution is 2.18. The Kier molecular flexibility index (Phi) is 8.24. The van der Waals surface area contributed by atoms with Gasteiger partial charge in [-0.3, -0.25) is 4.79 Å². The molecule has 0 radical (unpaired) electrons. The van der Waals surface area contributed by atoms with Crippen molar-refractivity contribution in [2.45, 2.75) is 0 Å². The predicted octanol–water partition coefficient (Wildman–Crippen LogP) is 2.65. The summed E-state index contributed by atoms with van der Waals surface area (Å²) in [6.07, 6.45) is 1.65. The average Bonchev–Trinajstić information content (AvgIpc) is 2.66. The summed E-state index contributed by atoms with van der Waals surface area (Å²) in [6, 6.07) is 9.77. The molecule has 0 bridgehead atoms. The number of hydrogen-bond donors (Lipinski definition) is 0. The fourth-order valence-corrected chi connectivity index (χ4v) is 3.25. The third kappa shape index (κ3) is 5.63. The van der Waals surface area contributed by atoms with Gasteiger partial charge in [0.1, 0.15) is 11.6 Å². The highest BCUT2D eigenvalue weighted by molar-refractivity contribution is 6.18. The molecule has 2 rings (SSSR count). The number of anilines is 1. The Labute approximate surface area is 165 Å². The van der Waals surface area contributed by atoms with Crippen LogP contribution >= 0.6 is 23.2 Å². The maximum Gasteiger partial charge on any atom is 0.264 e. The quantitative estimate of drug-likeness (QED) is 0.405. The molecule has 26 heavy (non-hydrogen) atoms. The van der Waals surface area contributed by atoms with Gasteiger partial charge in [0.2, 0.25) is 0 Å². The number of likely N-dealkylation sites (N-methyl/N-ethyl adjacent to an activating group) is 1. The van der Waals surface area contributed by atoms with Crippen LogP contribution in [0.2, 0.25) is 0 Å². The van der Waals surface area contributed by atoms with Crippen LogP contribution in [0.1, 0.15) is 5.56 Å². The maximum absolute atomic E-state index is 12.6. The van der Waals surface area contributed by atoms with Gasteiger partial charge < -0.3 is 14.7 Å². The van der Waals surface area contributed by atoms with Gasteiger partial charge in [0.05, 0.1) is 0 Å². The Balaban J connectivity index is 2.11. The van der Waals surface area contributed by atoms with E-state index >= 15 is 0 Å². The lowest BCUT2D eigenvalue weighted by molar-refractivity contribution is -0.128. The minimum atomic E-state index is -0.199. The molecule has 1 aromatic rings. The van der Waals surface area contributed by atoms with E-state index in [4.69, 9.17) is 23.2 Å². The van der Waals surface area contributed by atoms with E-state index in [9.17, 15) is 10.1 Å². The van der Waals surface area contributed by atoms with Crippen molar-refractivity contribution in [3.05, 3.63) is 35.4 Å². The molecule has 0 aliphatic carbocycles. The normalized spacial score (nSPS) is 15.6. The van der Waals surface area contributed by atoms with E-state index < -0.39 is 0 Å². The van der Waals surface area contributed by atoms with Crippen molar-refractivity contribution in [2.75, 3.05) is 63.0 Å². The number of amides is 1. The molecule has 0 spiro atoms. The second kappa shape index (κ2) is 10.4. The van der Waals surface area contributed by atoms with Gasteiger partial charge in [-0.05, 0) is 30.8 Å². The SMILES string of the molecule is CN1CCN(C(=O)/C(C#N)=C/c2ccc(N(CCCl)CCCl)cc2)CC1. The van der Waals surface area contributed by atoms with Crippen LogP contribution in [0.25, 0.3) is 6.08 Å². The van der Waals surface area contributed by atoms with Crippen molar-refractivity contribution in [3.63, 3.8) is 0 Å². The molecule has 0 atom stereocenters. The first-order chi connectivity index (χ1) is 12.6. The van der Waals surface area contributed by atoms with Crippen molar-refractivity contribution in [1.82, 2.24) is 9.80 Å². The van der Waals surface area contributed by atoms with E-state index in [-0.39, 0.29) is 11.5 Å². The molecule has 1 fully saturated rings. The summed E-state index contributed by atoms with van der Waals surface area (Å²) < 4.78 is 0. The summed E-state index contributed by atoms with van der Waals surface area (Å²) >= 11 is 11.7. The van der Waals surface area contributed by atoms with Crippen LogP contribution in [0.4, 0.5) is 5.69 Å². The van der Waals surface area contributed by atoms with Gasteiger partial charge in [0, 0.05) is 56.7 Å². The van der Waals surface area contributed by atoms with E-state index in [0.29, 0.717) is 24.8 Å². The van der Waals surface area contributed by atoms with Gasteiger partial charge in [-0.1, -0.05) is 12.1 Å². The smallest absolute Gasteiger partial charge is 0.264 e. The molecule has 1 saturated heterocycles. The van der Waals surface area contributed by atoms with Gasteiger partial charge in [0.15, 0.2) is 0 Å². The second-order valence-corrected chi connectivity index (χ2v) is 6.98. The third-order valence-corrected chi connectivity index (χ3v) is 4.76. The van der Waals surface area contributed by atoms with Crippen LogP contribution in [0.5, 0.6) is 0 Å². The van der Waals surface area contributed by atoms with Crippen LogP contribution in [-0.4, -0.2) is 73.8 Å². The molecule has 5 nitrogen and oxygen atoms in total. The van der Waals surface area contributed by atoms with E-state index in [1.165, 1.54) is 0 Å². The molecule has 1 heterocycles. The Hall–Kier alpha value is -1.74. The van der Waals surface area contributed by atoms with Crippen LogP contribution < -0.4 is 4.90 Å². The molecule has 1 aliphatic rings. The molecule has 0 N–H and O–H groups in total. The minimum Gasteiger partial charge on any atom is -0.369 e. The molecule has 1 aromatic carbocycles. The Morgan fingerprint density at radius 2 is 1.73 bits per heavy atom. The lowest BCUT2D eigenvalue weighted by Gasteiger charge is -2.32. The number of halogens is 2. The number of hydrogen-bond acceptors (Lipinski definition) is 4. The summed E-state index contributed by atoms with van der Waals surface area (Å²) in [4.78, 5) is 18.6. The molecular weight excluding hydrogens is 371 g/mol. The summed E-state index contributed by atoms with van der Waals surface area (Å²) in [5, 5.41) is 9.41.